The van der Waals surface area contributed by atoms with Gasteiger partial charge in [-0.25, -0.2) is 13.8 Å². The molecule has 0 saturated heterocycles. The second-order valence-corrected chi connectivity index (χ2v) is 4.44. The number of aromatic nitrogens is 2. The minimum Gasteiger partial charge on any atom is -0.334 e. The molecule has 2 rings (SSSR count). The van der Waals surface area contributed by atoms with Gasteiger partial charge in [0.2, 0.25) is 0 Å². The Hall–Kier alpha value is -1.75. The van der Waals surface area contributed by atoms with Crippen molar-refractivity contribution in [2.45, 2.75) is 33.0 Å². The summed E-state index contributed by atoms with van der Waals surface area (Å²) >= 11 is 0. The van der Waals surface area contributed by atoms with Gasteiger partial charge in [0.15, 0.2) is 0 Å². The van der Waals surface area contributed by atoms with Gasteiger partial charge in [0, 0.05) is 30.9 Å². The van der Waals surface area contributed by atoms with Crippen LogP contribution in [0.1, 0.15) is 31.1 Å². The lowest BCUT2D eigenvalue weighted by Crippen LogP contribution is -2.21. The smallest absolute Gasteiger partial charge is 0.128 e. The zero-order valence-electron chi connectivity index (χ0n) is 11.0. The maximum Gasteiger partial charge on any atom is 0.128 e. The summed E-state index contributed by atoms with van der Waals surface area (Å²) in [5.41, 5.74) is 1.36. The molecule has 0 spiro atoms. The summed E-state index contributed by atoms with van der Waals surface area (Å²) in [7, 11) is 0. The number of nitrogens with one attached hydrogen (secondary N) is 1. The average molecular weight is 265 g/mol. The SMILES string of the molecule is CCn1cncc1CNC(C)c1cc(F)ccc1F. The summed E-state index contributed by atoms with van der Waals surface area (Å²) in [5.74, 6) is -0.825. The van der Waals surface area contributed by atoms with Gasteiger partial charge in [0.1, 0.15) is 11.6 Å². The Morgan fingerprint density at radius 2 is 2.16 bits per heavy atom. The number of rotatable bonds is 5. The van der Waals surface area contributed by atoms with Gasteiger partial charge >= 0.3 is 0 Å². The Bertz CT molecular complexity index is 551. The number of benzene rings is 1. The lowest BCUT2D eigenvalue weighted by molar-refractivity contribution is 0.508. The van der Waals surface area contributed by atoms with Gasteiger partial charge in [-0.15, -0.1) is 0 Å². The Labute approximate surface area is 111 Å². The van der Waals surface area contributed by atoms with Gasteiger partial charge in [0.25, 0.3) is 0 Å². The van der Waals surface area contributed by atoms with E-state index >= 15 is 0 Å². The van der Waals surface area contributed by atoms with Crippen LogP contribution in [0.5, 0.6) is 0 Å². The number of hydrogen-bond acceptors (Lipinski definition) is 2. The average Bonchev–Trinajstić information content (AvgIpc) is 2.86. The molecule has 5 heteroatoms. The van der Waals surface area contributed by atoms with Crippen molar-refractivity contribution in [2.75, 3.05) is 0 Å². The standard InChI is InChI=1S/C14H17F2N3/c1-3-19-9-17-7-12(19)8-18-10(2)13-6-11(15)4-5-14(13)16/h4-7,9-10,18H,3,8H2,1-2H3. The van der Waals surface area contributed by atoms with Crippen molar-refractivity contribution < 1.29 is 8.78 Å². The predicted octanol–water partition coefficient (Wildman–Crippen LogP) is 3.03. The maximum absolute atomic E-state index is 13.6. The first-order chi connectivity index (χ1) is 9.11. The summed E-state index contributed by atoms with van der Waals surface area (Å²) < 4.78 is 28.7. The van der Waals surface area contributed by atoms with Gasteiger partial charge in [-0.3, -0.25) is 0 Å². The van der Waals surface area contributed by atoms with E-state index in [9.17, 15) is 8.78 Å². The number of nitrogens with zero attached hydrogens (tertiary/aromatic N) is 2. The fraction of sp³-hybridized carbons (Fsp3) is 0.357. The Morgan fingerprint density at radius 3 is 2.89 bits per heavy atom. The molecule has 1 aromatic heterocycles. The molecule has 1 unspecified atom stereocenters. The highest BCUT2D eigenvalue weighted by Gasteiger charge is 2.12. The first-order valence-electron chi connectivity index (χ1n) is 6.29. The molecule has 1 aromatic carbocycles. The van der Waals surface area contributed by atoms with Crippen LogP contribution in [0.2, 0.25) is 0 Å². The lowest BCUT2D eigenvalue weighted by atomic mass is 10.1. The minimum atomic E-state index is -0.427. The number of aryl methyl sites for hydroxylation is 1. The molecule has 2 aromatic rings. The fourth-order valence-electron chi connectivity index (χ4n) is 1.99. The van der Waals surface area contributed by atoms with Crippen LogP contribution < -0.4 is 5.32 Å². The Kier molecular flexibility index (Phi) is 4.27. The fourth-order valence-corrected chi connectivity index (χ4v) is 1.99. The molecule has 102 valence electrons. The van der Waals surface area contributed by atoms with Crippen LogP contribution in [0, 0.1) is 11.6 Å². The quantitative estimate of drug-likeness (QED) is 0.900. The van der Waals surface area contributed by atoms with Crippen LogP contribution in [-0.4, -0.2) is 9.55 Å². The lowest BCUT2D eigenvalue weighted by Gasteiger charge is -2.15. The molecule has 0 aliphatic heterocycles. The number of halogens is 2. The first kappa shape index (κ1) is 13.7. The van der Waals surface area contributed by atoms with Crippen molar-refractivity contribution in [1.82, 2.24) is 14.9 Å². The molecular formula is C14H17F2N3. The van der Waals surface area contributed by atoms with E-state index in [0.717, 1.165) is 24.4 Å². The van der Waals surface area contributed by atoms with Gasteiger partial charge in [-0.1, -0.05) is 0 Å². The predicted molar refractivity (Wildman–Crippen MR) is 69.5 cm³/mol. The summed E-state index contributed by atoms with van der Waals surface area (Å²) in [6, 6.07) is 3.23. The van der Waals surface area contributed by atoms with Gasteiger partial charge in [-0.05, 0) is 32.0 Å². The number of hydrogen-bond donors (Lipinski definition) is 1. The molecular weight excluding hydrogens is 248 g/mol. The third-order valence-electron chi connectivity index (χ3n) is 3.15. The molecule has 0 saturated carbocycles. The Morgan fingerprint density at radius 1 is 1.37 bits per heavy atom. The largest absolute Gasteiger partial charge is 0.334 e. The van der Waals surface area contributed by atoms with E-state index in [1.165, 1.54) is 6.07 Å². The minimum absolute atomic E-state index is 0.268. The van der Waals surface area contributed by atoms with Crippen molar-refractivity contribution in [2.24, 2.45) is 0 Å². The first-order valence-corrected chi connectivity index (χ1v) is 6.29. The van der Waals surface area contributed by atoms with Crippen LogP contribution >= 0.6 is 0 Å². The summed E-state index contributed by atoms with van der Waals surface area (Å²) in [5, 5.41) is 3.18. The molecule has 0 aliphatic carbocycles. The summed E-state index contributed by atoms with van der Waals surface area (Å²) in [6.45, 7) is 5.23. The van der Waals surface area contributed by atoms with Crippen LogP contribution in [-0.2, 0) is 13.1 Å². The monoisotopic (exact) mass is 265 g/mol. The normalized spacial score (nSPS) is 12.6. The van der Waals surface area contributed by atoms with Crippen molar-refractivity contribution >= 4 is 0 Å². The van der Waals surface area contributed by atoms with Gasteiger partial charge < -0.3 is 9.88 Å². The van der Waals surface area contributed by atoms with Crippen LogP contribution in [0.25, 0.3) is 0 Å². The zero-order chi connectivity index (χ0) is 13.8. The molecule has 19 heavy (non-hydrogen) atoms. The highest BCUT2D eigenvalue weighted by Crippen LogP contribution is 2.18. The molecule has 0 aliphatic rings. The maximum atomic E-state index is 13.6. The summed E-state index contributed by atoms with van der Waals surface area (Å²) in [6.07, 6.45) is 3.52. The number of imidazole rings is 1. The molecule has 0 amide bonds. The molecule has 1 heterocycles. The molecule has 0 bridgehead atoms. The molecule has 0 radical (unpaired) electrons. The van der Waals surface area contributed by atoms with E-state index in [0.29, 0.717) is 12.1 Å². The van der Waals surface area contributed by atoms with Gasteiger partial charge in [-0.2, -0.15) is 0 Å². The van der Waals surface area contributed by atoms with E-state index in [1.807, 2.05) is 18.4 Å². The van der Waals surface area contributed by atoms with E-state index in [-0.39, 0.29) is 6.04 Å². The van der Waals surface area contributed by atoms with Crippen molar-refractivity contribution in [3.63, 3.8) is 0 Å². The van der Waals surface area contributed by atoms with E-state index in [1.54, 1.807) is 12.5 Å². The highest BCUT2D eigenvalue weighted by molar-refractivity contribution is 5.21. The second-order valence-electron chi connectivity index (χ2n) is 4.44. The topological polar surface area (TPSA) is 29.9 Å². The second kappa shape index (κ2) is 5.93. The summed E-state index contributed by atoms with van der Waals surface area (Å²) in [4.78, 5) is 4.06. The van der Waals surface area contributed by atoms with Crippen LogP contribution in [0.3, 0.4) is 0 Å². The molecule has 3 nitrogen and oxygen atoms in total. The molecule has 0 fully saturated rings. The van der Waals surface area contributed by atoms with E-state index in [2.05, 4.69) is 10.3 Å². The third kappa shape index (κ3) is 3.17. The van der Waals surface area contributed by atoms with E-state index in [4.69, 9.17) is 0 Å². The van der Waals surface area contributed by atoms with Crippen molar-refractivity contribution in [1.29, 1.82) is 0 Å². The molecule has 1 atom stereocenters. The zero-order valence-corrected chi connectivity index (χ0v) is 11.0. The Balaban J connectivity index is 2.05. The van der Waals surface area contributed by atoms with Gasteiger partial charge in [0.05, 0.1) is 12.0 Å². The van der Waals surface area contributed by atoms with E-state index < -0.39 is 11.6 Å². The van der Waals surface area contributed by atoms with Crippen molar-refractivity contribution in [3.8, 4) is 0 Å². The highest BCUT2D eigenvalue weighted by atomic mass is 19.1. The third-order valence-corrected chi connectivity index (χ3v) is 3.15. The molecule has 1 N–H and O–H groups in total. The van der Waals surface area contributed by atoms with Crippen LogP contribution in [0.15, 0.2) is 30.7 Å². The van der Waals surface area contributed by atoms with Crippen molar-refractivity contribution in [3.05, 3.63) is 53.6 Å². The van der Waals surface area contributed by atoms with Crippen LogP contribution in [0.4, 0.5) is 8.78 Å².